The predicted octanol–water partition coefficient (Wildman–Crippen LogP) is 0.881. The molecule has 0 bridgehead atoms. The lowest BCUT2D eigenvalue weighted by atomic mass is 9.95. The summed E-state index contributed by atoms with van der Waals surface area (Å²) in [6, 6.07) is 0.779. The first kappa shape index (κ1) is 12.0. The normalized spacial score (nSPS) is 18.6. The van der Waals surface area contributed by atoms with E-state index in [1.165, 1.54) is 32.1 Å². The Bertz CT molecular complexity index is 124. The van der Waals surface area contributed by atoms with Crippen molar-refractivity contribution in [2.45, 2.75) is 44.6 Å². The number of hydrogen-bond donors (Lipinski definition) is 3. The van der Waals surface area contributed by atoms with Crippen LogP contribution < -0.4 is 10.6 Å². The number of aliphatic hydroxyl groups excluding tert-OH is 1. The van der Waals surface area contributed by atoms with E-state index in [1.54, 1.807) is 0 Å². The number of nitrogens with one attached hydrogen (secondary N) is 2. The first-order chi connectivity index (χ1) is 6.93. The topological polar surface area (TPSA) is 44.3 Å². The Balaban J connectivity index is 1.82. The molecule has 0 heterocycles. The molecule has 3 nitrogen and oxygen atoms in total. The zero-order valence-electron chi connectivity index (χ0n) is 9.10. The fourth-order valence-electron chi connectivity index (χ4n) is 2.03. The molecule has 0 aromatic rings. The van der Waals surface area contributed by atoms with Crippen LogP contribution in [0.5, 0.6) is 0 Å². The van der Waals surface area contributed by atoms with Crippen molar-refractivity contribution in [1.29, 1.82) is 0 Å². The molecular formula is C11H24N2O. The van der Waals surface area contributed by atoms with E-state index < -0.39 is 0 Å². The van der Waals surface area contributed by atoms with E-state index in [9.17, 15) is 0 Å². The largest absolute Gasteiger partial charge is 0.395 e. The standard InChI is InChI=1S/C11H24N2O/c14-10-9-12-7-4-8-13-11-5-2-1-3-6-11/h11-14H,1-10H2. The highest BCUT2D eigenvalue weighted by molar-refractivity contribution is 4.71. The van der Waals surface area contributed by atoms with E-state index >= 15 is 0 Å². The lowest BCUT2D eigenvalue weighted by Crippen LogP contribution is -2.33. The van der Waals surface area contributed by atoms with Gasteiger partial charge in [0.05, 0.1) is 6.61 Å². The average Bonchev–Trinajstić information content (AvgIpc) is 2.25. The van der Waals surface area contributed by atoms with Crippen LogP contribution in [-0.2, 0) is 0 Å². The first-order valence-corrected chi connectivity index (χ1v) is 5.98. The summed E-state index contributed by atoms with van der Waals surface area (Å²) in [6.07, 6.45) is 8.13. The van der Waals surface area contributed by atoms with Gasteiger partial charge in [0.1, 0.15) is 0 Å². The smallest absolute Gasteiger partial charge is 0.0555 e. The van der Waals surface area contributed by atoms with Crippen molar-refractivity contribution in [3.63, 3.8) is 0 Å². The van der Waals surface area contributed by atoms with Gasteiger partial charge in [-0.25, -0.2) is 0 Å². The van der Waals surface area contributed by atoms with Gasteiger partial charge in [-0.05, 0) is 32.4 Å². The van der Waals surface area contributed by atoms with Crippen LogP contribution in [0.15, 0.2) is 0 Å². The van der Waals surface area contributed by atoms with Gasteiger partial charge in [-0.2, -0.15) is 0 Å². The monoisotopic (exact) mass is 200 g/mol. The second kappa shape index (κ2) is 8.21. The highest BCUT2D eigenvalue weighted by Gasteiger charge is 2.11. The van der Waals surface area contributed by atoms with E-state index in [2.05, 4.69) is 10.6 Å². The molecular weight excluding hydrogens is 176 g/mol. The Kier molecular flexibility index (Phi) is 7.01. The molecule has 1 aliphatic carbocycles. The van der Waals surface area contributed by atoms with Crippen LogP contribution in [0.4, 0.5) is 0 Å². The lowest BCUT2D eigenvalue weighted by molar-refractivity contribution is 0.291. The fourth-order valence-corrected chi connectivity index (χ4v) is 2.03. The fraction of sp³-hybridized carbons (Fsp3) is 1.00. The first-order valence-electron chi connectivity index (χ1n) is 5.98. The highest BCUT2D eigenvalue weighted by Crippen LogP contribution is 2.16. The predicted molar refractivity (Wildman–Crippen MR) is 59.4 cm³/mol. The van der Waals surface area contributed by atoms with Gasteiger partial charge in [0.15, 0.2) is 0 Å². The van der Waals surface area contributed by atoms with Gasteiger partial charge >= 0.3 is 0 Å². The summed E-state index contributed by atoms with van der Waals surface area (Å²) in [5.74, 6) is 0. The van der Waals surface area contributed by atoms with Gasteiger partial charge in [0.2, 0.25) is 0 Å². The minimum absolute atomic E-state index is 0.246. The van der Waals surface area contributed by atoms with Crippen LogP contribution in [0.25, 0.3) is 0 Å². The molecule has 0 radical (unpaired) electrons. The zero-order chi connectivity index (χ0) is 10.1. The Morgan fingerprint density at radius 2 is 1.79 bits per heavy atom. The molecule has 0 amide bonds. The molecule has 0 aromatic heterocycles. The van der Waals surface area contributed by atoms with Crippen molar-refractivity contribution in [3.8, 4) is 0 Å². The van der Waals surface area contributed by atoms with Crippen LogP contribution in [-0.4, -0.2) is 37.4 Å². The molecule has 14 heavy (non-hydrogen) atoms. The number of aliphatic hydroxyl groups is 1. The van der Waals surface area contributed by atoms with Crippen molar-refractivity contribution in [3.05, 3.63) is 0 Å². The van der Waals surface area contributed by atoms with Gasteiger partial charge in [-0.3, -0.25) is 0 Å². The summed E-state index contributed by atoms with van der Waals surface area (Å²) in [7, 11) is 0. The summed E-state index contributed by atoms with van der Waals surface area (Å²) in [5, 5.41) is 15.3. The van der Waals surface area contributed by atoms with E-state index in [4.69, 9.17) is 5.11 Å². The molecule has 0 aromatic carbocycles. The maximum absolute atomic E-state index is 8.55. The molecule has 0 aliphatic heterocycles. The molecule has 0 atom stereocenters. The third kappa shape index (κ3) is 5.58. The maximum atomic E-state index is 8.55. The molecule has 3 N–H and O–H groups in total. The third-order valence-corrected chi connectivity index (χ3v) is 2.86. The second-order valence-electron chi connectivity index (χ2n) is 4.12. The van der Waals surface area contributed by atoms with Crippen LogP contribution in [0.3, 0.4) is 0 Å². The van der Waals surface area contributed by atoms with Crippen molar-refractivity contribution < 1.29 is 5.11 Å². The molecule has 1 aliphatic rings. The minimum Gasteiger partial charge on any atom is -0.395 e. The van der Waals surface area contributed by atoms with Crippen molar-refractivity contribution in [2.75, 3.05) is 26.2 Å². The van der Waals surface area contributed by atoms with Crippen LogP contribution in [0.2, 0.25) is 0 Å². The molecule has 1 rings (SSSR count). The summed E-state index contributed by atoms with van der Waals surface area (Å²) in [4.78, 5) is 0. The van der Waals surface area contributed by atoms with E-state index in [0.29, 0.717) is 0 Å². The quantitative estimate of drug-likeness (QED) is 0.535. The Morgan fingerprint density at radius 3 is 2.50 bits per heavy atom. The van der Waals surface area contributed by atoms with Gasteiger partial charge < -0.3 is 15.7 Å². The van der Waals surface area contributed by atoms with Crippen molar-refractivity contribution in [1.82, 2.24) is 10.6 Å². The van der Waals surface area contributed by atoms with Gasteiger partial charge in [-0.1, -0.05) is 19.3 Å². The molecule has 0 saturated heterocycles. The van der Waals surface area contributed by atoms with E-state index in [0.717, 1.165) is 32.1 Å². The number of rotatable bonds is 7. The highest BCUT2D eigenvalue weighted by atomic mass is 16.3. The maximum Gasteiger partial charge on any atom is 0.0555 e. The minimum atomic E-state index is 0.246. The summed E-state index contributed by atoms with van der Waals surface area (Å²) < 4.78 is 0. The van der Waals surface area contributed by atoms with Gasteiger partial charge in [-0.15, -0.1) is 0 Å². The SMILES string of the molecule is OCCNCCCNC1CCCCC1. The summed E-state index contributed by atoms with van der Waals surface area (Å²) >= 11 is 0. The summed E-state index contributed by atoms with van der Waals surface area (Å²) in [5.41, 5.74) is 0. The molecule has 1 saturated carbocycles. The van der Waals surface area contributed by atoms with Crippen molar-refractivity contribution >= 4 is 0 Å². The lowest BCUT2D eigenvalue weighted by Gasteiger charge is -2.22. The molecule has 1 fully saturated rings. The molecule has 0 unspecified atom stereocenters. The second-order valence-corrected chi connectivity index (χ2v) is 4.12. The Labute approximate surface area is 87.3 Å². The number of hydrogen-bond acceptors (Lipinski definition) is 3. The zero-order valence-corrected chi connectivity index (χ0v) is 9.10. The third-order valence-electron chi connectivity index (χ3n) is 2.86. The van der Waals surface area contributed by atoms with E-state index in [1.807, 2.05) is 0 Å². The van der Waals surface area contributed by atoms with Crippen LogP contribution >= 0.6 is 0 Å². The Hall–Kier alpha value is -0.120. The summed E-state index contributed by atoms with van der Waals surface area (Å²) in [6.45, 7) is 3.10. The molecule has 84 valence electrons. The molecule has 0 spiro atoms. The van der Waals surface area contributed by atoms with Gasteiger partial charge in [0, 0.05) is 12.6 Å². The van der Waals surface area contributed by atoms with Crippen LogP contribution in [0.1, 0.15) is 38.5 Å². The van der Waals surface area contributed by atoms with E-state index in [-0.39, 0.29) is 6.61 Å². The average molecular weight is 200 g/mol. The van der Waals surface area contributed by atoms with Gasteiger partial charge in [0.25, 0.3) is 0 Å². The molecule has 3 heteroatoms. The Morgan fingerprint density at radius 1 is 1.00 bits per heavy atom. The van der Waals surface area contributed by atoms with Crippen LogP contribution in [0, 0.1) is 0 Å². The van der Waals surface area contributed by atoms with Crippen molar-refractivity contribution in [2.24, 2.45) is 0 Å².